The molecule has 1 amide bonds. The number of benzene rings is 1. The number of hydrogen-bond acceptors (Lipinski definition) is 5. The van der Waals surface area contributed by atoms with E-state index in [0.29, 0.717) is 24.4 Å². The molecule has 3 heterocycles. The van der Waals surface area contributed by atoms with Crippen LogP contribution in [0.25, 0.3) is 0 Å². The summed E-state index contributed by atoms with van der Waals surface area (Å²) < 4.78 is 52.8. The van der Waals surface area contributed by atoms with E-state index in [4.69, 9.17) is 0 Å². The van der Waals surface area contributed by atoms with Crippen LogP contribution in [0.4, 0.5) is 17.6 Å². The highest BCUT2D eigenvalue weighted by Gasteiger charge is 2.49. The van der Waals surface area contributed by atoms with Gasteiger partial charge in [0.1, 0.15) is 17.7 Å². The average Bonchev–Trinajstić information content (AvgIpc) is 3.30. The Kier molecular flexibility index (Phi) is 5.13. The number of thiophene rings is 1. The molecule has 1 saturated carbocycles. The summed E-state index contributed by atoms with van der Waals surface area (Å²) in [6.07, 6.45) is 1.94. The Hall–Kier alpha value is -2.98. The number of nitrogens with one attached hydrogen (secondary N) is 2. The number of nitrogens with zero attached hydrogens (tertiary/aromatic N) is 2. The fourth-order valence-electron chi connectivity index (χ4n) is 3.69. The van der Waals surface area contributed by atoms with E-state index in [2.05, 4.69) is 15.7 Å². The normalized spacial score (nSPS) is 21.1. The molecule has 32 heavy (non-hydrogen) atoms. The van der Waals surface area contributed by atoms with Gasteiger partial charge in [-0.05, 0) is 72.2 Å². The van der Waals surface area contributed by atoms with E-state index in [1.165, 1.54) is 12.1 Å². The number of fused-ring (bicyclic) bond motifs is 1. The van der Waals surface area contributed by atoms with Crippen LogP contribution in [0.3, 0.4) is 0 Å². The third-order valence-corrected chi connectivity index (χ3v) is 6.48. The van der Waals surface area contributed by atoms with Crippen LogP contribution >= 0.6 is 11.3 Å². The Bertz CT molecular complexity index is 1130. The lowest BCUT2D eigenvalue weighted by Gasteiger charge is -2.21. The van der Waals surface area contributed by atoms with Gasteiger partial charge in [-0.1, -0.05) is 0 Å². The number of rotatable bonds is 5. The smallest absolute Gasteiger partial charge is 0.339 e. The van der Waals surface area contributed by atoms with Gasteiger partial charge in [-0.15, -0.1) is 11.3 Å². The van der Waals surface area contributed by atoms with E-state index in [1.54, 1.807) is 40.9 Å². The molecule has 5 rings (SSSR count). The lowest BCUT2D eigenvalue weighted by Crippen LogP contribution is -2.46. The fraction of sp³-hybridized carbons (Fsp3) is 0.273. The molecule has 1 aromatic heterocycles. The molecule has 2 aromatic rings. The van der Waals surface area contributed by atoms with Gasteiger partial charge in [0.05, 0.1) is 16.6 Å². The van der Waals surface area contributed by atoms with Crippen molar-refractivity contribution >= 4 is 23.0 Å². The van der Waals surface area contributed by atoms with Gasteiger partial charge >= 0.3 is 6.18 Å². The summed E-state index contributed by atoms with van der Waals surface area (Å²) in [7, 11) is 0. The second-order valence-electron chi connectivity index (χ2n) is 7.90. The minimum Gasteiger partial charge on any atom is -0.339 e. The number of hydrazine groups is 1. The van der Waals surface area contributed by atoms with Crippen molar-refractivity contribution in [3.8, 4) is 0 Å². The summed E-state index contributed by atoms with van der Waals surface area (Å²) in [4.78, 5) is 17.2. The quantitative estimate of drug-likeness (QED) is 0.635. The molecule has 1 aromatic carbocycles. The summed E-state index contributed by atoms with van der Waals surface area (Å²) in [5.74, 6) is -0.931. The lowest BCUT2D eigenvalue weighted by molar-refractivity contribution is -0.158. The summed E-state index contributed by atoms with van der Waals surface area (Å²) in [6, 6.07) is 5.54. The maximum atomic E-state index is 13.2. The minimum atomic E-state index is -4.45. The number of halogens is 4. The standard InChI is InChI=1S/C22H18F4N4OS/c23-15-5-3-12(4-6-15)16-7-8-30-19(27-16)10-17(29-30)14-9-18(32-11-14)21(31)28-20(13-1-2-13)22(24,25)26/h3-11,13,17,20,29H,1-2H2,(H,28,31)/t17?,20-/m0/s1. The first-order valence-corrected chi connectivity index (χ1v) is 10.9. The van der Waals surface area contributed by atoms with Crippen molar-refractivity contribution in [1.82, 2.24) is 15.8 Å². The van der Waals surface area contributed by atoms with Crippen LogP contribution in [-0.4, -0.2) is 28.8 Å². The molecule has 5 nitrogen and oxygen atoms in total. The summed E-state index contributed by atoms with van der Waals surface area (Å²) in [6.45, 7) is 0. The van der Waals surface area contributed by atoms with Crippen molar-refractivity contribution < 1.29 is 22.4 Å². The zero-order valence-electron chi connectivity index (χ0n) is 16.6. The largest absolute Gasteiger partial charge is 0.408 e. The molecule has 10 heteroatoms. The first-order valence-electron chi connectivity index (χ1n) is 10.0. The first-order chi connectivity index (χ1) is 15.3. The highest BCUT2D eigenvalue weighted by Crippen LogP contribution is 2.40. The van der Waals surface area contributed by atoms with Crippen LogP contribution in [0.15, 0.2) is 64.9 Å². The van der Waals surface area contributed by atoms with Gasteiger partial charge in [0, 0.05) is 11.8 Å². The number of alkyl halides is 3. The Morgan fingerprint density at radius 3 is 2.69 bits per heavy atom. The Morgan fingerprint density at radius 1 is 1.25 bits per heavy atom. The molecule has 1 fully saturated rings. The third-order valence-electron chi connectivity index (χ3n) is 5.53. The van der Waals surface area contributed by atoms with Crippen molar-refractivity contribution in [1.29, 1.82) is 0 Å². The van der Waals surface area contributed by atoms with Crippen LogP contribution in [0.2, 0.25) is 0 Å². The van der Waals surface area contributed by atoms with Crippen LogP contribution in [0, 0.1) is 11.7 Å². The molecule has 0 saturated heterocycles. The van der Waals surface area contributed by atoms with Crippen LogP contribution < -0.4 is 10.7 Å². The van der Waals surface area contributed by atoms with E-state index in [9.17, 15) is 22.4 Å². The average molecular weight is 462 g/mol. The minimum absolute atomic E-state index is 0.228. The number of carbonyl (C=O) groups is 1. The van der Waals surface area contributed by atoms with Crippen molar-refractivity contribution in [2.45, 2.75) is 31.1 Å². The predicted octanol–water partition coefficient (Wildman–Crippen LogP) is 4.68. The molecule has 166 valence electrons. The molecule has 0 bridgehead atoms. The van der Waals surface area contributed by atoms with E-state index < -0.39 is 24.0 Å². The molecular formula is C22H18F4N4OS. The first kappa shape index (κ1) is 20.9. The van der Waals surface area contributed by atoms with E-state index in [1.807, 2.05) is 6.08 Å². The maximum absolute atomic E-state index is 13.2. The number of allylic oxidation sites excluding steroid dienone is 1. The Balaban J connectivity index is 1.30. The number of amides is 1. The molecule has 0 spiro atoms. The summed E-state index contributed by atoms with van der Waals surface area (Å²) in [5, 5.41) is 5.63. The van der Waals surface area contributed by atoms with Gasteiger partial charge in [0.2, 0.25) is 0 Å². The second kappa shape index (κ2) is 7.86. The van der Waals surface area contributed by atoms with Gasteiger partial charge in [-0.2, -0.15) is 13.2 Å². The van der Waals surface area contributed by atoms with Gasteiger partial charge < -0.3 is 5.32 Å². The van der Waals surface area contributed by atoms with Crippen molar-refractivity contribution in [3.05, 3.63) is 81.7 Å². The molecule has 2 aliphatic heterocycles. The maximum Gasteiger partial charge on any atom is 0.408 e. The van der Waals surface area contributed by atoms with E-state index in [0.717, 1.165) is 22.5 Å². The summed E-state index contributed by atoms with van der Waals surface area (Å²) in [5.41, 5.74) is 5.42. The van der Waals surface area contributed by atoms with Crippen LogP contribution in [0.5, 0.6) is 0 Å². The molecule has 3 aliphatic rings. The van der Waals surface area contributed by atoms with Gasteiger partial charge in [0.15, 0.2) is 0 Å². The van der Waals surface area contributed by atoms with Gasteiger partial charge in [0.25, 0.3) is 5.91 Å². The second-order valence-corrected chi connectivity index (χ2v) is 8.81. The molecule has 2 N–H and O–H groups in total. The Morgan fingerprint density at radius 2 is 2.00 bits per heavy atom. The lowest BCUT2D eigenvalue weighted by atomic mass is 10.1. The van der Waals surface area contributed by atoms with Gasteiger partial charge in [-0.25, -0.2) is 14.8 Å². The number of carbonyl (C=O) groups excluding carboxylic acids is 1. The van der Waals surface area contributed by atoms with Gasteiger partial charge in [-0.3, -0.25) is 9.80 Å². The Labute approximate surface area is 185 Å². The molecule has 0 radical (unpaired) electrons. The molecule has 1 unspecified atom stereocenters. The number of aliphatic imine (C=N–C) groups is 1. The third kappa shape index (κ3) is 4.20. The fourth-order valence-corrected chi connectivity index (χ4v) is 4.54. The van der Waals surface area contributed by atoms with Crippen molar-refractivity contribution in [2.75, 3.05) is 0 Å². The topological polar surface area (TPSA) is 56.7 Å². The highest BCUT2D eigenvalue weighted by molar-refractivity contribution is 7.12. The highest BCUT2D eigenvalue weighted by atomic mass is 32.1. The predicted molar refractivity (Wildman–Crippen MR) is 112 cm³/mol. The zero-order chi connectivity index (χ0) is 22.5. The molecule has 2 atom stereocenters. The van der Waals surface area contributed by atoms with Crippen LogP contribution in [-0.2, 0) is 0 Å². The van der Waals surface area contributed by atoms with Crippen LogP contribution in [0.1, 0.15) is 39.7 Å². The molecular weight excluding hydrogens is 444 g/mol. The van der Waals surface area contributed by atoms with Crippen molar-refractivity contribution in [3.63, 3.8) is 0 Å². The van der Waals surface area contributed by atoms with Crippen molar-refractivity contribution in [2.24, 2.45) is 10.9 Å². The monoisotopic (exact) mass is 462 g/mol. The zero-order valence-corrected chi connectivity index (χ0v) is 17.4. The number of hydrogen-bond donors (Lipinski definition) is 2. The SMILES string of the molecule is O=C(N[C@@H](C1CC1)C(F)(F)F)c1cc(C2C=C3N=C(c4ccc(F)cc4)C=CN3N2)cs1. The molecule has 1 aliphatic carbocycles. The van der Waals surface area contributed by atoms with E-state index >= 15 is 0 Å². The van der Waals surface area contributed by atoms with E-state index in [-0.39, 0.29) is 16.7 Å². The summed E-state index contributed by atoms with van der Waals surface area (Å²) >= 11 is 1.10.